The third kappa shape index (κ3) is 2.77. The Kier molecular flexibility index (Phi) is 2.92. The molecule has 5 heteroatoms. The Balaban J connectivity index is 1.96. The van der Waals surface area contributed by atoms with Gasteiger partial charge in [-0.05, 0) is 12.1 Å². The quantitative estimate of drug-likeness (QED) is 0.699. The number of nitrogens with zero attached hydrogens (tertiary/aromatic N) is 2. The van der Waals surface area contributed by atoms with Crippen LogP contribution in [0.5, 0.6) is 0 Å². The Labute approximate surface area is 87.6 Å². The summed E-state index contributed by atoms with van der Waals surface area (Å²) >= 11 is 0. The summed E-state index contributed by atoms with van der Waals surface area (Å²) in [4.78, 5) is 15.0. The molecule has 0 aliphatic carbocycles. The van der Waals surface area contributed by atoms with E-state index in [0.29, 0.717) is 13.0 Å². The van der Waals surface area contributed by atoms with E-state index in [1.165, 1.54) is 0 Å². The van der Waals surface area contributed by atoms with E-state index in [2.05, 4.69) is 20.8 Å². The molecule has 1 fully saturated rings. The van der Waals surface area contributed by atoms with Gasteiger partial charge in [-0.3, -0.25) is 15.2 Å². The predicted molar refractivity (Wildman–Crippen MR) is 57.5 cm³/mol. The topological polar surface area (TPSA) is 66.4 Å². The first-order valence-corrected chi connectivity index (χ1v) is 4.83. The van der Waals surface area contributed by atoms with Crippen LogP contribution < -0.4 is 10.7 Å². The van der Waals surface area contributed by atoms with Gasteiger partial charge < -0.3 is 5.32 Å². The molecule has 0 saturated carbocycles. The molecule has 2 rings (SSSR count). The van der Waals surface area contributed by atoms with Crippen LogP contribution >= 0.6 is 0 Å². The van der Waals surface area contributed by atoms with Gasteiger partial charge in [-0.2, -0.15) is 5.10 Å². The summed E-state index contributed by atoms with van der Waals surface area (Å²) < 4.78 is 0. The minimum atomic E-state index is 0.0352. The Hall–Kier alpha value is -1.91. The Morgan fingerprint density at radius 1 is 1.53 bits per heavy atom. The van der Waals surface area contributed by atoms with Crippen LogP contribution in [0.1, 0.15) is 12.8 Å². The molecule has 5 nitrogen and oxygen atoms in total. The zero-order valence-corrected chi connectivity index (χ0v) is 8.23. The largest absolute Gasteiger partial charge is 0.355 e. The lowest BCUT2D eigenvalue weighted by molar-refractivity contribution is -0.120. The smallest absolute Gasteiger partial charge is 0.225 e. The van der Waals surface area contributed by atoms with Gasteiger partial charge in [0.2, 0.25) is 5.91 Å². The number of hydrazone groups is 1. The second-order valence-electron chi connectivity index (χ2n) is 3.31. The number of aromatic nitrogens is 1. The molecular formula is C10H12N4O. The maximum absolute atomic E-state index is 11.1. The fraction of sp³-hybridized carbons (Fsp3) is 0.300. The van der Waals surface area contributed by atoms with Crippen LogP contribution in [-0.2, 0) is 4.79 Å². The zero-order chi connectivity index (χ0) is 10.5. The molecule has 1 aliphatic rings. The van der Waals surface area contributed by atoms with Crippen molar-refractivity contribution in [3.8, 4) is 0 Å². The monoisotopic (exact) mass is 204 g/mol. The van der Waals surface area contributed by atoms with Gasteiger partial charge in [0.05, 0.1) is 18.3 Å². The summed E-state index contributed by atoms with van der Waals surface area (Å²) in [7, 11) is 0. The number of amides is 1. The maximum atomic E-state index is 11.1. The van der Waals surface area contributed by atoms with E-state index >= 15 is 0 Å². The number of pyridine rings is 1. The van der Waals surface area contributed by atoms with Gasteiger partial charge in [-0.15, -0.1) is 0 Å². The fourth-order valence-corrected chi connectivity index (χ4v) is 1.35. The number of carbonyl (C=O) groups excluding carboxylic acids is 1. The fourth-order valence-electron chi connectivity index (χ4n) is 1.35. The third-order valence-electron chi connectivity index (χ3n) is 2.11. The van der Waals surface area contributed by atoms with E-state index < -0.39 is 0 Å². The Bertz CT molecular complexity index is 374. The van der Waals surface area contributed by atoms with Gasteiger partial charge in [0, 0.05) is 24.9 Å². The van der Waals surface area contributed by atoms with Crippen molar-refractivity contribution in [3.63, 3.8) is 0 Å². The lowest BCUT2D eigenvalue weighted by Gasteiger charge is -2.13. The van der Waals surface area contributed by atoms with E-state index in [9.17, 15) is 4.79 Å². The van der Waals surface area contributed by atoms with Crippen LogP contribution in [0.15, 0.2) is 29.6 Å². The van der Waals surface area contributed by atoms with Crippen molar-refractivity contribution in [2.75, 3.05) is 12.0 Å². The van der Waals surface area contributed by atoms with Crippen LogP contribution in [0.3, 0.4) is 0 Å². The molecule has 78 valence electrons. The molecule has 2 heterocycles. The van der Waals surface area contributed by atoms with Crippen molar-refractivity contribution in [3.05, 3.63) is 24.5 Å². The van der Waals surface area contributed by atoms with Crippen molar-refractivity contribution in [2.45, 2.75) is 12.8 Å². The number of piperidine rings is 1. The first-order chi connectivity index (χ1) is 7.34. The van der Waals surface area contributed by atoms with E-state index in [1.54, 1.807) is 12.4 Å². The summed E-state index contributed by atoms with van der Waals surface area (Å²) in [6, 6.07) is 3.70. The summed E-state index contributed by atoms with van der Waals surface area (Å²) in [5.74, 6) is 0.0352. The van der Waals surface area contributed by atoms with E-state index in [4.69, 9.17) is 0 Å². The van der Waals surface area contributed by atoms with E-state index in [0.717, 1.165) is 17.8 Å². The average Bonchev–Trinajstić information content (AvgIpc) is 2.28. The molecule has 1 saturated heterocycles. The summed E-state index contributed by atoms with van der Waals surface area (Å²) in [6.07, 6.45) is 4.57. The molecule has 1 aliphatic heterocycles. The normalized spacial score (nSPS) is 18.7. The highest BCUT2D eigenvalue weighted by Gasteiger charge is 2.13. The van der Waals surface area contributed by atoms with Gasteiger partial charge in [-0.1, -0.05) is 0 Å². The van der Waals surface area contributed by atoms with Gasteiger partial charge in [0.25, 0.3) is 0 Å². The molecule has 0 aromatic carbocycles. The lowest BCUT2D eigenvalue weighted by Crippen LogP contribution is -2.34. The number of hydrogen-bond acceptors (Lipinski definition) is 4. The average molecular weight is 204 g/mol. The summed E-state index contributed by atoms with van der Waals surface area (Å²) in [6.45, 7) is 0.673. The number of hydrogen-bond donors (Lipinski definition) is 2. The van der Waals surface area contributed by atoms with Gasteiger partial charge in [-0.25, -0.2) is 0 Å². The third-order valence-corrected chi connectivity index (χ3v) is 2.11. The zero-order valence-electron chi connectivity index (χ0n) is 8.23. The van der Waals surface area contributed by atoms with Gasteiger partial charge in [0.1, 0.15) is 0 Å². The molecule has 2 N–H and O–H groups in total. The van der Waals surface area contributed by atoms with Crippen molar-refractivity contribution < 1.29 is 4.79 Å². The Morgan fingerprint density at radius 2 is 2.47 bits per heavy atom. The number of rotatable bonds is 2. The highest BCUT2D eigenvalue weighted by atomic mass is 16.1. The lowest BCUT2D eigenvalue weighted by atomic mass is 10.1. The van der Waals surface area contributed by atoms with Gasteiger partial charge in [0.15, 0.2) is 0 Å². The van der Waals surface area contributed by atoms with E-state index in [-0.39, 0.29) is 5.91 Å². The molecule has 0 radical (unpaired) electrons. The second kappa shape index (κ2) is 4.54. The first-order valence-electron chi connectivity index (χ1n) is 4.83. The highest BCUT2D eigenvalue weighted by molar-refractivity contribution is 6.03. The molecule has 0 bridgehead atoms. The van der Waals surface area contributed by atoms with E-state index in [1.807, 2.05) is 12.1 Å². The maximum Gasteiger partial charge on any atom is 0.225 e. The number of carbonyl (C=O) groups is 1. The van der Waals surface area contributed by atoms with Crippen LogP contribution in [0.2, 0.25) is 0 Å². The summed E-state index contributed by atoms with van der Waals surface area (Å²) in [5.41, 5.74) is 4.59. The van der Waals surface area contributed by atoms with Crippen molar-refractivity contribution >= 4 is 17.3 Å². The molecule has 15 heavy (non-hydrogen) atoms. The number of anilines is 1. The molecule has 1 aromatic rings. The van der Waals surface area contributed by atoms with Gasteiger partial charge >= 0.3 is 0 Å². The summed E-state index contributed by atoms with van der Waals surface area (Å²) in [5, 5.41) is 6.92. The molecule has 0 atom stereocenters. The molecule has 0 unspecified atom stereocenters. The highest BCUT2D eigenvalue weighted by Crippen LogP contribution is 2.05. The first kappa shape index (κ1) is 9.64. The molecule has 0 spiro atoms. The van der Waals surface area contributed by atoms with Crippen molar-refractivity contribution in [2.24, 2.45) is 5.10 Å². The Morgan fingerprint density at radius 3 is 3.20 bits per heavy atom. The predicted octanol–water partition coefficient (Wildman–Crippen LogP) is 0.759. The SMILES string of the molecule is O=C1C/C(=N\Nc2cccnc2)CCN1. The van der Waals surface area contributed by atoms with Crippen molar-refractivity contribution in [1.29, 1.82) is 0 Å². The van der Waals surface area contributed by atoms with Crippen LogP contribution in [-0.4, -0.2) is 23.1 Å². The van der Waals surface area contributed by atoms with Crippen molar-refractivity contribution in [1.82, 2.24) is 10.3 Å². The molecular weight excluding hydrogens is 192 g/mol. The second-order valence-corrected chi connectivity index (χ2v) is 3.31. The van der Waals surface area contributed by atoms with Crippen LogP contribution in [0.25, 0.3) is 0 Å². The van der Waals surface area contributed by atoms with Crippen LogP contribution in [0, 0.1) is 0 Å². The number of nitrogens with one attached hydrogen (secondary N) is 2. The minimum Gasteiger partial charge on any atom is -0.355 e. The van der Waals surface area contributed by atoms with Crippen LogP contribution in [0.4, 0.5) is 5.69 Å². The molecule has 1 amide bonds. The minimum absolute atomic E-state index is 0.0352. The standard InChI is InChI=1S/C10H12N4O/c15-10-6-8(3-5-12-10)13-14-9-2-1-4-11-7-9/h1-2,4,7,14H,3,5-6H2,(H,12,15)/b13-8-. The molecule has 1 aromatic heterocycles.